The molecule has 6 aliphatic rings. The number of ether oxygens (including phenoxy) is 11. The fourth-order valence-electron chi connectivity index (χ4n) is 12.8. The highest BCUT2D eigenvalue weighted by atomic mass is 16.7. The van der Waals surface area contributed by atoms with Crippen LogP contribution < -0.4 is 48.9 Å². The molecule has 0 bridgehead atoms. The molecule has 4 aromatic rings. The van der Waals surface area contributed by atoms with Crippen LogP contribution in [0.2, 0.25) is 0 Å². The number of amides is 6. The molecule has 4 fully saturated rings. The van der Waals surface area contributed by atoms with Gasteiger partial charge in [-0.2, -0.15) is 0 Å². The average molecular weight is 1470 g/mol. The van der Waals surface area contributed by atoms with Crippen molar-refractivity contribution in [3.8, 4) is 34.5 Å². The van der Waals surface area contributed by atoms with E-state index in [9.17, 15) is 89.4 Å². The quantitative estimate of drug-likeness (QED) is 0.0328. The number of carbonyl (C=O) groups is 8. The number of rotatable bonds is 25. The lowest BCUT2D eigenvalue weighted by molar-refractivity contribution is -0.271. The van der Waals surface area contributed by atoms with Gasteiger partial charge in [-0.3, -0.25) is 19.2 Å². The Hall–Kier alpha value is -9.92. The molecule has 10 rings (SSSR count). The number of hydrogen-bond donors (Lipinski definition) is 12. The van der Waals surface area contributed by atoms with Gasteiger partial charge in [-0.05, 0) is 100 Å². The van der Waals surface area contributed by atoms with Crippen LogP contribution in [-0.2, 0) is 46.5 Å². The van der Waals surface area contributed by atoms with E-state index in [1.54, 1.807) is 20.8 Å². The van der Waals surface area contributed by atoms with Crippen molar-refractivity contribution in [1.29, 1.82) is 0 Å². The van der Waals surface area contributed by atoms with Crippen LogP contribution >= 0.6 is 0 Å². The van der Waals surface area contributed by atoms with E-state index < -0.39 is 152 Å². The van der Waals surface area contributed by atoms with E-state index in [2.05, 4.69) is 23.8 Å². The highest BCUT2D eigenvalue weighted by molar-refractivity contribution is 6.07. The number of aliphatic carboxylic acids is 2. The first kappa shape index (κ1) is 77.7. The lowest BCUT2D eigenvalue weighted by atomic mass is 9.99. The molecule has 2 unspecified atom stereocenters. The molecule has 14 atom stereocenters. The summed E-state index contributed by atoms with van der Waals surface area (Å²) in [4.78, 5) is 114. The number of carboxylic acid groups (broad SMARTS) is 2. The lowest BCUT2D eigenvalue weighted by Crippen LogP contribution is -2.61. The fraction of sp³-hybridized carbons (Fsp3) is 0.486. The van der Waals surface area contributed by atoms with E-state index in [0.29, 0.717) is 30.4 Å². The summed E-state index contributed by atoms with van der Waals surface area (Å²) in [6, 6.07) is 11.2. The maximum absolute atomic E-state index is 14.6. The Morgan fingerprint density at radius 2 is 0.952 bits per heavy atom. The summed E-state index contributed by atoms with van der Waals surface area (Å²) in [5, 5.41) is 112. The van der Waals surface area contributed by atoms with Crippen molar-refractivity contribution >= 4 is 59.1 Å². The predicted molar refractivity (Wildman–Crippen MR) is 360 cm³/mol. The molecule has 568 valence electrons. The Morgan fingerprint density at radius 1 is 0.533 bits per heavy atom. The number of carbonyl (C=O) groups excluding carboxylic acids is 6. The molecule has 35 nitrogen and oxygen atoms in total. The number of aliphatic hydroxyl groups is 8. The highest BCUT2D eigenvalue weighted by Crippen LogP contribution is 2.45. The van der Waals surface area contributed by atoms with Gasteiger partial charge < -0.3 is 124 Å². The van der Waals surface area contributed by atoms with E-state index in [1.807, 2.05) is 0 Å². The molecule has 0 aliphatic carbocycles. The van der Waals surface area contributed by atoms with E-state index in [4.69, 9.17) is 52.1 Å². The number of nitrogens with one attached hydrogen (secondary N) is 2. The number of nitrogens with zero attached hydrogens (tertiary/aromatic N) is 4. The van der Waals surface area contributed by atoms with Gasteiger partial charge in [0.1, 0.15) is 61.3 Å². The molecule has 6 amide bonds. The minimum Gasteiger partial charge on any atom is -0.493 e. The van der Waals surface area contributed by atoms with Crippen LogP contribution in [0.4, 0.5) is 21.0 Å². The molecular formula is C70H84N6O29. The summed E-state index contributed by atoms with van der Waals surface area (Å²) in [5.74, 6) is -6.21. The topological polar surface area (TPSA) is 477 Å². The summed E-state index contributed by atoms with van der Waals surface area (Å²) in [7, 11) is 4.09. The van der Waals surface area contributed by atoms with E-state index >= 15 is 0 Å². The molecule has 6 heterocycles. The zero-order chi connectivity index (χ0) is 76.2. The molecule has 0 saturated carbocycles. The highest BCUT2D eigenvalue weighted by Gasteiger charge is 2.52. The van der Waals surface area contributed by atoms with Crippen molar-refractivity contribution in [3.63, 3.8) is 0 Å². The molecule has 6 aliphatic heterocycles. The average Bonchev–Trinajstić information content (AvgIpc) is 1.62. The van der Waals surface area contributed by atoms with Crippen LogP contribution in [0.25, 0.3) is 0 Å². The number of hydrogen-bond acceptors (Lipinski definition) is 27. The van der Waals surface area contributed by atoms with Crippen molar-refractivity contribution in [2.24, 2.45) is 0 Å². The number of fused-ring (bicyclic) bond motifs is 4. The number of methoxy groups -OCH3 is 3. The smallest absolute Gasteiger partial charge is 0.416 e. The first-order valence-electron chi connectivity index (χ1n) is 33.3. The Labute approximate surface area is 600 Å². The second-order valence-corrected chi connectivity index (χ2v) is 26.7. The van der Waals surface area contributed by atoms with E-state index in [0.717, 1.165) is 9.80 Å². The largest absolute Gasteiger partial charge is 0.493 e. The minimum absolute atomic E-state index is 0.00476. The molecule has 0 aromatic heterocycles. The van der Waals surface area contributed by atoms with Crippen molar-refractivity contribution in [1.82, 2.24) is 20.4 Å². The van der Waals surface area contributed by atoms with Gasteiger partial charge >= 0.3 is 24.1 Å². The van der Waals surface area contributed by atoms with Crippen LogP contribution in [0.5, 0.6) is 34.5 Å². The molecule has 4 saturated heterocycles. The van der Waals surface area contributed by atoms with Crippen LogP contribution in [0, 0.1) is 0 Å². The molecular weight excluding hydrogens is 1390 g/mol. The lowest BCUT2D eigenvalue weighted by Gasteiger charge is -2.38. The van der Waals surface area contributed by atoms with Crippen LogP contribution in [0.1, 0.15) is 105 Å². The second-order valence-electron chi connectivity index (χ2n) is 26.7. The zero-order valence-electron chi connectivity index (χ0n) is 58.0. The van der Waals surface area contributed by atoms with Crippen molar-refractivity contribution < 1.29 is 142 Å². The van der Waals surface area contributed by atoms with Gasteiger partial charge in [-0.25, -0.2) is 29.0 Å². The van der Waals surface area contributed by atoms with Crippen molar-refractivity contribution in [3.05, 3.63) is 118 Å². The first-order valence-corrected chi connectivity index (χ1v) is 33.3. The van der Waals surface area contributed by atoms with Crippen LogP contribution in [0.15, 0.2) is 85.0 Å². The third-order valence-corrected chi connectivity index (χ3v) is 18.1. The molecule has 105 heavy (non-hydrogen) atoms. The Morgan fingerprint density at radius 3 is 1.34 bits per heavy atom. The summed E-state index contributed by atoms with van der Waals surface area (Å²) >= 11 is 0. The zero-order valence-corrected chi connectivity index (χ0v) is 58.0. The van der Waals surface area contributed by atoms with E-state index in [1.165, 1.54) is 91.8 Å². The SMILES string of the molecule is C=C1C[C@H]2C(O)N(C(=O)OCc3ccc(O[C@@H]4O[C@H](C(=O)O)[C@@H](O)[C@H](O)[C@H]4O)c(C(=O)NCCOC)c3)c3cc(OCCCCCOc4cc5c(cc4OC)C(=O)N4CC(=C)C[C@H]4C(O)N5C(=O)OCc4ccc(O[C@@H]5O[C@H](C(=O)O)[C@@H](O)[C@H](O)[C@H]5O)c(C(=O)NC(C)(C)C)c4)c(OC)cc3C(=O)N2C1. The number of carboxylic acids is 2. The molecule has 12 N–H and O–H groups in total. The number of aliphatic hydroxyl groups excluding tert-OH is 8. The molecule has 4 aromatic carbocycles. The Bertz CT molecular complexity index is 4000. The maximum Gasteiger partial charge on any atom is 0.416 e. The summed E-state index contributed by atoms with van der Waals surface area (Å²) in [6.45, 7) is 12.2. The maximum atomic E-state index is 14.6. The third-order valence-electron chi connectivity index (χ3n) is 18.1. The van der Waals surface area contributed by atoms with Gasteiger partial charge in [0.05, 0.1) is 79.8 Å². The van der Waals surface area contributed by atoms with Crippen LogP contribution in [-0.4, -0.2) is 261 Å². The third kappa shape index (κ3) is 16.8. The van der Waals surface area contributed by atoms with Crippen molar-refractivity contribution in [2.75, 3.05) is 70.6 Å². The van der Waals surface area contributed by atoms with Gasteiger partial charge in [0.25, 0.3) is 23.6 Å². The number of anilines is 2. The molecule has 0 spiro atoms. The van der Waals surface area contributed by atoms with Gasteiger partial charge in [-0.15, -0.1) is 0 Å². The van der Waals surface area contributed by atoms with Crippen LogP contribution in [0.3, 0.4) is 0 Å². The monoisotopic (exact) mass is 1470 g/mol. The van der Waals surface area contributed by atoms with Crippen molar-refractivity contribution in [2.45, 2.75) is 158 Å². The Balaban J connectivity index is 0.826. The fourth-order valence-corrected chi connectivity index (χ4v) is 12.8. The van der Waals surface area contributed by atoms with E-state index in [-0.39, 0.29) is 132 Å². The second kappa shape index (κ2) is 32.6. The molecule has 35 heteroatoms. The molecule has 0 radical (unpaired) electrons. The predicted octanol–water partition coefficient (Wildman–Crippen LogP) is 1.27. The Kier molecular flexibility index (Phi) is 24.1. The summed E-state index contributed by atoms with van der Waals surface area (Å²) < 4.78 is 62.7. The van der Waals surface area contributed by atoms with Gasteiger partial charge in [0, 0.05) is 44.4 Å². The number of unbranched alkanes of at least 4 members (excludes halogenated alkanes) is 2. The van der Waals surface area contributed by atoms with Gasteiger partial charge in [-0.1, -0.05) is 36.4 Å². The summed E-state index contributed by atoms with van der Waals surface area (Å²) in [6.07, 6.45) is -24.2. The standard InChI is InChI=1S/C70H84N6O29/c1-32-20-42-62(87)75(68(93)100-30-34-12-14-44(38(22-34)58(83)71-16-19-95-6)102-66-54(81)50(77)52(79)56(104-66)64(89)90)40-26-48(46(96-7)24-36(40)60(85)73(42)28-32)98-17-10-9-11-18-99-49-27-41-37(25-47(49)97-8)61(86)74-29-33(2)21-43(74)63(88)76(41)69(94)101-31-35-13-15-45(39(23-35)59(84)72-70(3,4)5)103-67-55(82)51(78)53(80)57(105-67)65(91)92/h12-15,22-27,42-43,50-57,62-63,66-67,77-82,87-88H,1-2,9-11,16-21,28-31H2,3-8H3,(H,71,83)(H,72,84)(H,89,90)(H,91,92)/t42-,43-,50-,51-,52-,53-,54+,55+,56-,57-,62?,63?,66+,67+/m0/s1. The first-order chi connectivity index (χ1) is 49.8. The van der Waals surface area contributed by atoms with Gasteiger partial charge in [0.2, 0.25) is 12.6 Å². The van der Waals surface area contributed by atoms with Gasteiger partial charge in [0.15, 0.2) is 47.7 Å². The summed E-state index contributed by atoms with van der Waals surface area (Å²) in [5.41, 5.74) is -0.0765. The number of benzene rings is 4. The minimum atomic E-state index is -2.03. The normalized spacial score (nSPS) is 25.7.